The summed E-state index contributed by atoms with van der Waals surface area (Å²) in [6.45, 7) is 2.47. The lowest BCUT2D eigenvalue weighted by Gasteiger charge is -2.28. The summed E-state index contributed by atoms with van der Waals surface area (Å²) in [7, 11) is 0. The number of rotatable bonds is 23. The molecule has 7 amide bonds. The highest BCUT2D eigenvalue weighted by atomic mass is 16.3. The molecule has 0 aromatic heterocycles. The molecule has 2 rings (SSSR count). The molecule has 1 aliphatic rings. The molecule has 1 aromatic carbocycles. The first-order valence-electron chi connectivity index (χ1n) is 18.4. The van der Waals surface area contributed by atoms with Gasteiger partial charge in [-0.2, -0.15) is 0 Å². The second-order valence-electron chi connectivity index (χ2n) is 14.0. The third-order valence-electron chi connectivity index (χ3n) is 9.11. The van der Waals surface area contributed by atoms with Crippen LogP contribution in [0.5, 0.6) is 0 Å². The van der Waals surface area contributed by atoms with Crippen molar-refractivity contribution in [3.63, 3.8) is 0 Å². The van der Waals surface area contributed by atoms with Crippen LogP contribution in [-0.2, 0) is 40.0 Å². The molecule has 18 heteroatoms. The Morgan fingerprint density at radius 1 is 0.741 bits per heavy atom. The average molecular weight is 759 g/mol. The van der Waals surface area contributed by atoms with Crippen LogP contribution in [-0.4, -0.2) is 95.8 Å². The second kappa shape index (κ2) is 23.4. The molecule has 0 saturated heterocycles. The molecule has 54 heavy (non-hydrogen) atoms. The molecule has 14 N–H and O–H groups in total. The van der Waals surface area contributed by atoms with Crippen LogP contribution in [0.4, 0.5) is 0 Å². The SMILES string of the molecule is CC(C)C(NC(=O)C(CO)NC(=O)C(CCCN=C(N)N)NC(=O)C(Cc1ccccc1)NC(=O)CC1CCCCC1)C(=O)NC(CCC(N)=O)C(N)=O. The van der Waals surface area contributed by atoms with Gasteiger partial charge in [0.1, 0.15) is 30.2 Å². The van der Waals surface area contributed by atoms with Crippen LogP contribution in [0.25, 0.3) is 0 Å². The highest BCUT2D eigenvalue weighted by molar-refractivity contribution is 5.96. The minimum Gasteiger partial charge on any atom is -0.394 e. The molecule has 0 bridgehead atoms. The molecule has 5 unspecified atom stereocenters. The summed E-state index contributed by atoms with van der Waals surface area (Å²) >= 11 is 0. The van der Waals surface area contributed by atoms with Gasteiger partial charge in [-0.05, 0) is 49.5 Å². The van der Waals surface area contributed by atoms with E-state index in [-0.39, 0.29) is 62.9 Å². The fourth-order valence-corrected chi connectivity index (χ4v) is 6.10. The first-order valence-corrected chi connectivity index (χ1v) is 18.4. The summed E-state index contributed by atoms with van der Waals surface area (Å²) in [5.74, 6) is -5.58. The molecule has 0 heterocycles. The number of carbonyl (C=O) groups excluding carboxylic acids is 7. The van der Waals surface area contributed by atoms with Crippen LogP contribution in [0.3, 0.4) is 0 Å². The molecule has 1 fully saturated rings. The second-order valence-corrected chi connectivity index (χ2v) is 14.0. The van der Waals surface area contributed by atoms with E-state index in [2.05, 4.69) is 31.6 Å². The first-order chi connectivity index (χ1) is 25.6. The van der Waals surface area contributed by atoms with Gasteiger partial charge in [-0.1, -0.05) is 63.4 Å². The zero-order chi connectivity index (χ0) is 40.2. The van der Waals surface area contributed by atoms with Crippen LogP contribution >= 0.6 is 0 Å². The largest absolute Gasteiger partial charge is 0.394 e. The van der Waals surface area contributed by atoms with Crippen molar-refractivity contribution in [2.75, 3.05) is 13.2 Å². The summed E-state index contributed by atoms with van der Waals surface area (Å²) in [6, 6.07) is 2.72. The van der Waals surface area contributed by atoms with Crippen LogP contribution in [0.2, 0.25) is 0 Å². The van der Waals surface area contributed by atoms with Crippen molar-refractivity contribution in [2.45, 2.75) is 115 Å². The molecule has 0 spiro atoms. The number of primary amides is 2. The first kappa shape index (κ1) is 44.9. The number of guanidine groups is 1. The molecule has 18 nitrogen and oxygen atoms in total. The van der Waals surface area contributed by atoms with Crippen molar-refractivity contribution in [2.24, 2.45) is 39.8 Å². The summed E-state index contributed by atoms with van der Waals surface area (Å²) in [5.41, 5.74) is 22.2. The Kier molecular flexibility index (Phi) is 19.5. The predicted molar refractivity (Wildman–Crippen MR) is 200 cm³/mol. The molecule has 0 radical (unpaired) electrons. The zero-order valence-corrected chi connectivity index (χ0v) is 31.2. The van der Waals surface area contributed by atoms with E-state index in [0.717, 1.165) is 37.7 Å². The van der Waals surface area contributed by atoms with Gasteiger partial charge in [0.25, 0.3) is 0 Å². The maximum Gasteiger partial charge on any atom is 0.245 e. The number of aliphatic hydroxyl groups excluding tert-OH is 1. The number of hydrogen-bond donors (Lipinski definition) is 10. The maximum atomic E-state index is 13.8. The quantitative estimate of drug-likeness (QED) is 0.0335. The summed E-state index contributed by atoms with van der Waals surface area (Å²) < 4.78 is 0. The van der Waals surface area contributed by atoms with E-state index in [1.54, 1.807) is 13.8 Å². The Balaban J connectivity index is 2.24. The smallest absolute Gasteiger partial charge is 0.245 e. The molecule has 1 saturated carbocycles. The number of hydrogen-bond acceptors (Lipinski definition) is 9. The van der Waals surface area contributed by atoms with E-state index in [4.69, 9.17) is 22.9 Å². The standard InChI is InChI=1S/C36H58N10O8/c1-21(2)30(35(54)43-24(31(38)50)15-16-28(37)48)46-34(53)27(20-47)45-32(51)25(14-9-17-41-36(39)40)44-33(52)26(18-22-10-5-3-6-11-22)42-29(49)19-23-12-7-4-8-13-23/h3,5-6,10-11,21,23-27,30,47H,4,7-9,12-20H2,1-2H3,(H2,37,48)(H2,38,50)(H,42,49)(H,43,54)(H,44,52)(H,45,51)(H,46,53)(H4,39,40,41). The lowest BCUT2D eigenvalue weighted by atomic mass is 9.87. The highest BCUT2D eigenvalue weighted by Gasteiger charge is 2.33. The van der Waals surface area contributed by atoms with E-state index in [9.17, 15) is 38.7 Å². The number of nitrogens with zero attached hydrogens (tertiary/aromatic N) is 1. The highest BCUT2D eigenvalue weighted by Crippen LogP contribution is 2.26. The van der Waals surface area contributed by atoms with E-state index in [0.29, 0.717) is 0 Å². The fraction of sp³-hybridized carbons (Fsp3) is 0.611. The van der Waals surface area contributed by atoms with E-state index in [1.807, 2.05) is 30.3 Å². The van der Waals surface area contributed by atoms with Crippen molar-refractivity contribution >= 4 is 47.3 Å². The average Bonchev–Trinajstić information content (AvgIpc) is 3.12. The van der Waals surface area contributed by atoms with Gasteiger partial charge in [0.15, 0.2) is 5.96 Å². The van der Waals surface area contributed by atoms with Crippen LogP contribution in [0, 0.1) is 11.8 Å². The monoisotopic (exact) mass is 758 g/mol. The zero-order valence-electron chi connectivity index (χ0n) is 31.2. The third-order valence-corrected chi connectivity index (χ3v) is 9.11. The summed E-state index contributed by atoms with van der Waals surface area (Å²) in [6.07, 6.45) is 5.39. The Bertz CT molecular complexity index is 1450. The van der Waals surface area contributed by atoms with Gasteiger partial charge >= 0.3 is 0 Å². The van der Waals surface area contributed by atoms with E-state index < -0.39 is 78.2 Å². The van der Waals surface area contributed by atoms with E-state index in [1.165, 1.54) is 0 Å². The van der Waals surface area contributed by atoms with Crippen LogP contribution < -0.4 is 49.5 Å². The third kappa shape index (κ3) is 16.6. The summed E-state index contributed by atoms with van der Waals surface area (Å²) in [4.78, 5) is 94.1. The Morgan fingerprint density at radius 2 is 1.33 bits per heavy atom. The van der Waals surface area contributed by atoms with E-state index >= 15 is 0 Å². The lowest BCUT2D eigenvalue weighted by Crippen LogP contribution is -2.60. The van der Waals surface area contributed by atoms with Gasteiger partial charge < -0.3 is 54.6 Å². The van der Waals surface area contributed by atoms with Gasteiger partial charge in [0.2, 0.25) is 41.4 Å². The molecule has 1 aliphatic carbocycles. The van der Waals surface area contributed by atoms with Crippen LogP contribution in [0.1, 0.15) is 83.6 Å². The van der Waals surface area contributed by atoms with Gasteiger partial charge in [-0.15, -0.1) is 0 Å². The number of benzene rings is 1. The fourth-order valence-electron chi connectivity index (χ4n) is 6.10. The van der Waals surface area contributed by atoms with Gasteiger partial charge in [0.05, 0.1) is 6.61 Å². The molecule has 0 aliphatic heterocycles. The maximum absolute atomic E-state index is 13.8. The van der Waals surface area contributed by atoms with Gasteiger partial charge in [-0.25, -0.2) is 0 Å². The van der Waals surface area contributed by atoms with Gasteiger partial charge in [-0.3, -0.25) is 38.6 Å². The summed E-state index contributed by atoms with van der Waals surface area (Å²) in [5, 5.41) is 23.0. The number of nitrogens with two attached hydrogens (primary N) is 4. The normalized spacial score (nSPS) is 15.7. The van der Waals surface area contributed by atoms with Crippen molar-refractivity contribution in [1.82, 2.24) is 26.6 Å². The minimum absolute atomic E-state index is 0.0129. The topological polar surface area (TPSA) is 316 Å². The Morgan fingerprint density at radius 3 is 1.91 bits per heavy atom. The Hall–Kier alpha value is -5.26. The molecule has 300 valence electrons. The van der Waals surface area contributed by atoms with Crippen molar-refractivity contribution < 1.29 is 38.7 Å². The number of aliphatic hydroxyl groups is 1. The molecular formula is C36H58N10O8. The number of carbonyl (C=O) groups is 7. The lowest BCUT2D eigenvalue weighted by molar-refractivity contribution is -0.136. The molecule has 1 aromatic rings. The number of aliphatic imine (C=N–C) groups is 1. The molecular weight excluding hydrogens is 700 g/mol. The predicted octanol–water partition coefficient (Wildman–Crippen LogP) is -1.92. The molecule has 5 atom stereocenters. The van der Waals surface area contributed by atoms with Crippen molar-refractivity contribution in [3.05, 3.63) is 35.9 Å². The number of amides is 7. The minimum atomic E-state index is -1.57. The van der Waals surface area contributed by atoms with Crippen LogP contribution in [0.15, 0.2) is 35.3 Å². The van der Waals surface area contributed by atoms with Crippen molar-refractivity contribution in [1.29, 1.82) is 0 Å². The van der Waals surface area contributed by atoms with Gasteiger partial charge in [0, 0.05) is 25.8 Å². The Labute approximate surface area is 315 Å². The van der Waals surface area contributed by atoms with Crippen molar-refractivity contribution in [3.8, 4) is 0 Å². The number of nitrogens with one attached hydrogen (secondary N) is 5.